The van der Waals surface area contributed by atoms with E-state index in [0.717, 1.165) is 32.5 Å². The number of hydrogen-bond acceptors (Lipinski definition) is 7. The number of carboxylic acid groups (broad SMARTS) is 1. The lowest BCUT2D eigenvalue weighted by Gasteiger charge is -2.43. The molecule has 0 radical (unpaired) electrons. The van der Waals surface area contributed by atoms with Crippen LogP contribution in [0.2, 0.25) is 0 Å². The van der Waals surface area contributed by atoms with E-state index in [1.54, 1.807) is 11.8 Å². The quantitative estimate of drug-likeness (QED) is 0.638. The normalized spacial score (nSPS) is 33.8. The number of likely N-dealkylation sites (tertiary alicyclic amines) is 1. The first-order valence-corrected chi connectivity index (χ1v) is 12.7. The SMILES string of the molecule is CN(C)c1ccc([C@H]2c3sc(=O)[nH]c3S[C@@H]3[C@H]4C[C@@H]([C@@H]5C(=O)N(CC(=O)O)C(=O)[C@H]45)[C@H]23)cc1. The van der Waals surface area contributed by atoms with Gasteiger partial charge in [0.25, 0.3) is 0 Å². The monoisotopic (exact) mass is 485 g/mol. The molecule has 1 aromatic heterocycles. The molecule has 3 heterocycles. The number of aromatic nitrogens is 1. The van der Waals surface area contributed by atoms with Crippen LogP contribution in [0.15, 0.2) is 34.1 Å². The number of anilines is 1. The fourth-order valence-electron chi connectivity index (χ4n) is 6.72. The summed E-state index contributed by atoms with van der Waals surface area (Å²) in [6, 6.07) is 8.33. The minimum absolute atomic E-state index is 0.00313. The van der Waals surface area contributed by atoms with Gasteiger partial charge in [0.05, 0.1) is 16.9 Å². The minimum Gasteiger partial charge on any atom is -0.480 e. The minimum atomic E-state index is -1.17. The zero-order chi connectivity index (χ0) is 23.2. The molecule has 3 fully saturated rings. The number of hydrogen-bond donors (Lipinski definition) is 2. The van der Waals surface area contributed by atoms with Gasteiger partial charge < -0.3 is 15.0 Å². The second-order valence-electron chi connectivity index (χ2n) is 9.60. The molecule has 4 aliphatic rings. The van der Waals surface area contributed by atoms with E-state index in [1.165, 1.54) is 11.3 Å². The first kappa shape index (κ1) is 21.0. The van der Waals surface area contributed by atoms with Gasteiger partial charge >= 0.3 is 10.8 Å². The molecular weight excluding hydrogens is 462 g/mol. The fraction of sp³-hybridized carbons (Fsp3) is 0.478. The van der Waals surface area contributed by atoms with Crippen molar-refractivity contribution in [3.05, 3.63) is 44.4 Å². The van der Waals surface area contributed by atoms with Crippen LogP contribution in [0.4, 0.5) is 5.69 Å². The van der Waals surface area contributed by atoms with Gasteiger partial charge in [-0.2, -0.15) is 0 Å². The summed E-state index contributed by atoms with van der Waals surface area (Å²) in [7, 11) is 3.97. The van der Waals surface area contributed by atoms with E-state index in [0.29, 0.717) is 0 Å². The lowest BCUT2D eigenvalue weighted by atomic mass is 9.68. The molecular formula is C23H23N3O5S2. The number of aliphatic carboxylic acids is 1. The van der Waals surface area contributed by atoms with Gasteiger partial charge in [-0.15, -0.1) is 11.8 Å². The number of fused-ring (bicyclic) bond motifs is 9. The molecule has 2 N–H and O–H groups in total. The van der Waals surface area contributed by atoms with Crippen molar-refractivity contribution in [1.29, 1.82) is 0 Å². The largest absolute Gasteiger partial charge is 0.480 e. The molecule has 1 aromatic carbocycles. The molecule has 2 amide bonds. The maximum absolute atomic E-state index is 13.2. The average Bonchev–Trinajstić information content (AvgIpc) is 3.49. The number of aromatic amines is 1. The Hall–Kier alpha value is -2.59. The zero-order valence-corrected chi connectivity index (χ0v) is 19.7. The van der Waals surface area contributed by atoms with Gasteiger partial charge in [-0.05, 0) is 41.9 Å². The number of amides is 2. The summed E-state index contributed by atoms with van der Waals surface area (Å²) >= 11 is 2.87. The predicted molar refractivity (Wildman–Crippen MR) is 124 cm³/mol. The Kier molecular flexibility index (Phi) is 4.58. The van der Waals surface area contributed by atoms with Gasteiger partial charge in [-0.1, -0.05) is 23.5 Å². The van der Waals surface area contributed by atoms with E-state index >= 15 is 0 Å². The molecule has 7 atom stereocenters. The number of nitrogens with one attached hydrogen (secondary N) is 1. The maximum Gasteiger partial charge on any atom is 0.323 e. The van der Waals surface area contributed by atoms with Crippen molar-refractivity contribution in [2.45, 2.75) is 22.6 Å². The van der Waals surface area contributed by atoms with Crippen LogP contribution in [0, 0.1) is 29.6 Å². The Balaban J connectivity index is 1.43. The number of carboxylic acids is 1. The van der Waals surface area contributed by atoms with Gasteiger partial charge in [0.1, 0.15) is 6.54 Å². The summed E-state index contributed by atoms with van der Waals surface area (Å²) in [5.41, 5.74) is 2.19. The van der Waals surface area contributed by atoms with Crippen LogP contribution in [0.25, 0.3) is 0 Å². The molecule has 2 bridgehead atoms. The van der Waals surface area contributed by atoms with Crippen molar-refractivity contribution in [2.24, 2.45) is 29.6 Å². The highest BCUT2D eigenvalue weighted by Gasteiger charge is 2.69. The standard InChI is InChI=1S/C23H23N3O5S2/c1-25(2)10-5-3-9(4-6-10)14-15-11-7-12(18(15)32-20-19(14)33-23(31)24-20)17-16(11)21(29)26(22(17)30)8-13(27)28/h3-6,11-12,14-18H,7-8H2,1-2H3,(H,24,31)(H,27,28)/t11-,12+,14-,15-,16+,17-,18-/m1/s1. The van der Waals surface area contributed by atoms with E-state index in [4.69, 9.17) is 0 Å². The van der Waals surface area contributed by atoms with Crippen molar-refractivity contribution in [1.82, 2.24) is 9.88 Å². The molecule has 6 rings (SSSR count). The second-order valence-corrected chi connectivity index (χ2v) is 11.8. The molecule has 1 saturated heterocycles. The van der Waals surface area contributed by atoms with Gasteiger partial charge in [0, 0.05) is 35.8 Å². The number of imide groups is 1. The molecule has 2 saturated carbocycles. The van der Waals surface area contributed by atoms with E-state index in [-0.39, 0.29) is 45.6 Å². The topological polar surface area (TPSA) is 111 Å². The molecule has 8 nitrogen and oxygen atoms in total. The number of H-pyrrole nitrogens is 1. The van der Waals surface area contributed by atoms with Crippen LogP contribution in [-0.4, -0.2) is 58.7 Å². The summed E-state index contributed by atoms with van der Waals surface area (Å²) in [6.45, 7) is -0.567. The summed E-state index contributed by atoms with van der Waals surface area (Å²) in [5.74, 6) is -2.65. The van der Waals surface area contributed by atoms with E-state index in [9.17, 15) is 24.3 Å². The molecule has 2 aliphatic carbocycles. The first-order valence-electron chi connectivity index (χ1n) is 11.0. The van der Waals surface area contributed by atoms with Crippen molar-refractivity contribution in [3.63, 3.8) is 0 Å². The average molecular weight is 486 g/mol. The third kappa shape index (κ3) is 2.89. The highest BCUT2D eigenvalue weighted by Crippen LogP contribution is 2.68. The van der Waals surface area contributed by atoms with Crippen LogP contribution in [0.1, 0.15) is 22.8 Å². The highest BCUT2D eigenvalue weighted by atomic mass is 32.2. The van der Waals surface area contributed by atoms with Crippen molar-refractivity contribution in [3.8, 4) is 0 Å². The molecule has 2 aromatic rings. The Morgan fingerprint density at radius 2 is 1.79 bits per heavy atom. The third-order valence-electron chi connectivity index (χ3n) is 7.88. The van der Waals surface area contributed by atoms with Crippen LogP contribution < -0.4 is 9.77 Å². The van der Waals surface area contributed by atoms with E-state index in [1.807, 2.05) is 19.0 Å². The molecule has 0 unspecified atom stereocenters. The van der Waals surface area contributed by atoms with Crippen LogP contribution >= 0.6 is 23.1 Å². The number of rotatable bonds is 4. The Labute approximate surface area is 198 Å². The Morgan fingerprint density at radius 3 is 2.42 bits per heavy atom. The molecule has 2 aliphatic heterocycles. The number of carbonyl (C=O) groups is 3. The smallest absolute Gasteiger partial charge is 0.323 e. The van der Waals surface area contributed by atoms with Crippen molar-refractivity contribution in [2.75, 3.05) is 25.5 Å². The number of thioether (sulfide) groups is 1. The fourth-order valence-corrected chi connectivity index (χ4v) is 9.61. The number of carbonyl (C=O) groups excluding carboxylic acids is 2. The summed E-state index contributed by atoms with van der Waals surface area (Å²) in [5, 5.41) is 10.2. The van der Waals surface area contributed by atoms with Gasteiger partial charge in [0.15, 0.2) is 0 Å². The summed E-state index contributed by atoms with van der Waals surface area (Å²) < 4.78 is 0. The molecule has 172 valence electrons. The van der Waals surface area contributed by atoms with Gasteiger partial charge in [0.2, 0.25) is 11.8 Å². The number of nitrogens with zero attached hydrogens (tertiary/aromatic N) is 2. The lowest BCUT2D eigenvalue weighted by molar-refractivity contribution is -0.149. The van der Waals surface area contributed by atoms with Crippen LogP contribution in [-0.2, 0) is 14.4 Å². The Morgan fingerprint density at radius 1 is 1.12 bits per heavy atom. The molecule has 0 spiro atoms. The van der Waals surface area contributed by atoms with Crippen molar-refractivity contribution < 1.29 is 19.5 Å². The first-order chi connectivity index (χ1) is 15.8. The number of benzene rings is 1. The molecule has 33 heavy (non-hydrogen) atoms. The van der Waals surface area contributed by atoms with Gasteiger partial charge in [-0.3, -0.25) is 24.1 Å². The van der Waals surface area contributed by atoms with Gasteiger partial charge in [-0.25, -0.2) is 0 Å². The van der Waals surface area contributed by atoms with E-state index in [2.05, 4.69) is 29.2 Å². The lowest BCUT2D eigenvalue weighted by Crippen LogP contribution is -2.42. The number of thiazole rings is 1. The highest BCUT2D eigenvalue weighted by molar-refractivity contribution is 8.00. The van der Waals surface area contributed by atoms with Crippen LogP contribution in [0.5, 0.6) is 0 Å². The third-order valence-corrected chi connectivity index (χ3v) is 10.5. The second kappa shape index (κ2) is 7.20. The molecule has 10 heteroatoms. The van der Waals surface area contributed by atoms with E-state index < -0.39 is 24.3 Å². The zero-order valence-electron chi connectivity index (χ0n) is 18.1. The van der Waals surface area contributed by atoms with Crippen LogP contribution in [0.3, 0.4) is 0 Å². The summed E-state index contributed by atoms with van der Waals surface area (Å²) in [4.78, 5) is 56.7. The van der Waals surface area contributed by atoms with Crippen molar-refractivity contribution >= 4 is 46.6 Å². The Bertz CT molecular complexity index is 1240. The summed E-state index contributed by atoms with van der Waals surface area (Å²) in [6.07, 6.45) is 0.793. The predicted octanol–water partition coefficient (Wildman–Crippen LogP) is 2.06. The maximum atomic E-state index is 13.2.